The molecule has 9 heteroatoms. The second-order valence-electron chi connectivity index (χ2n) is 8.99. The van der Waals surface area contributed by atoms with Gasteiger partial charge in [-0.05, 0) is 54.7 Å². The van der Waals surface area contributed by atoms with Crippen LogP contribution in [0.5, 0.6) is 5.75 Å². The number of ether oxygens (including phenoxy) is 2. The molecule has 0 saturated carbocycles. The van der Waals surface area contributed by atoms with E-state index in [0.717, 1.165) is 16.9 Å². The highest BCUT2D eigenvalue weighted by atomic mass is 19.1. The van der Waals surface area contributed by atoms with Gasteiger partial charge in [-0.3, -0.25) is 14.5 Å². The largest absolute Gasteiger partial charge is 0.497 e. The molecule has 2 aliphatic rings. The molecule has 186 valence electrons. The fourth-order valence-corrected chi connectivity index (χ4v) is 4.64. The minimum Gasteiger partial charge on any atom is -0.497 e. The van der Waals surface area contributed by atoms with Crippen molar-refractivity contribution in [2.24, 2.45) is 0 Å². The van der Waals surface area contributed by atoms with Gasteiger partial charge >= 0.3 is 6.03 Å². The van der Waals surface area contributed by atoms with Crippen molar-refractivity contribution in [1.29, 1.82) is 0 Å². The zero-order valence-electron chi connectivity index (χ0n) is 19.7. The molecule has 8 nitrogen and oxygen atoms in total. The minimum atomic E-state index is -0.744. The Morgan fingerprint density at radius 3 is 2.49 bits per heavy atom. The Labute approximate surface area is 203 Å². The number of rotatable bonds is 9. The maximum Gasteiger partial charge on any atom is 0.324 e. The zero-order chi connectivity index (χ0) is 24.8. The average Bonchev–Trinajstić information content (AvgIpc) is 3.15. The number of amides is 4. The van der Waals surface area contributed by atoms with Crippen molar-refractivity contribution in [2.75, 3.05) is 26.9 Å². The van der Waals surface area contributed by atoms with E-state index in [2.05, 4.69) is 10.6 Å². The van der Waals surface area contributed by atoms with Crippen LogP contribution in [0.3, 0.4) is 0 Å². The Morgan fingerprint density at radius 2 is 1.83 bits per heavy atom. The van der Waals surface area contributed by atoms with Crippen molar-refractivity contribution in [3.63, 3.8) is 0 Å². The standard InChI is InChI=1S/C26H30FN3O5/c1-34-21-8-4-19(5-9-21)26(12-14-35-15-13-26)17-30-24(32)22(29-25(30)33)10-11-23(31)28-16-18-2-6-20(27)7-3-18/h2-9,22H,10-17H2,1H3,(H,28,31)(H,29,33)/t22-/m1/s1. The van der Waals surface area contributed by atoms with Crippen LogP contribution in [0.4, 0.5) is 9.18 Å². The van der Waals surface area contributed by atoms with Gasteiger partial charge in [0, 0.05) is 38.1 Å². The van der Waals surface area contributed by atoms with Crippen molar-refractivity contribution in [1.82, 2.24) is 15.5 Å². The van der Waals surface area contributed by atoms with E-state index in [-0.39, 0.29) is 43.6 Å². The first-order chi connectivity index (χ1) is 16.9. The molecular formula is C26H30FN3O5. The highest BCUT2D eigenvalue weighted by Gasteiger charge is 2.44. The van der Waals surface area contributed by atoms with Crippen molar-refractivity contribution in [2.45, 2.75) is 43.7 Å². The lowest BCUT2D eigenvalue weighted by Crippen LogP contribution is -2.47. The van der Waals surface area contributed by atoms with Crippen LogP contribution in [-0.4, -0.2) is 55.7 Å². The number of halogens is 1. The molecule has 4 rings (SSSR count). The predicted octanol–water partition coefficient (Wildman–Crippen LogP) is 2.90. The number of benzene rings is 2. The van der Waals surface area contributed by atoms with Gasteiger partial charge in [0.15, 0.2) is 0 Å². The maximum absolute atomic E-state index is 13.1. The molecular weight excluding hydrogens is 453 g/mol. The fraction of sp³-hybridized carbons (Fsp3) is 0.423. The molecule has 2 fully saturated rings. The second kappa shape index (κ2) is 10.9. The van der Waals surface area contributed by atoms with Crippen LogP contribution in [0.2, 0.25) is 0 Å². The van der Waals surface area contributed by atoms with Crippen LogP contribution in [-0.2, 0) is 26.3 Å². The monoisotopic (exact) mass is 483 g/mol. The summed E-state index contributed by atoms with van der Waals surface area (Å²) in [5.41, 5.74) is 1.40. The molecule has 0 bridgehead atoms. The third-order valence-electron chi connectivity index (χ3n) is 6.78. The Bertz CT molecular complexity index is 1050. The van der Waals surface area contributed by atoms with E-state index in [4.69, 9.17) is 9.47 Å². The Hall–Kier alpha value is -3.46. The molecule has 4 amide bonds. The summed E-state index contributed by atoms with van der Waals surface area (Å²) >= 11 is 0. The van der Waals surface area contributed by atoms with E-state index in [1.54, 1.807) is 19.2 Å². The van der Waals surface area contributed by atoms with Gasteiger partial charge in [-0.1, -0.05) is 24.3 Å². The predicted molar refractivity (Wildman–Crippen MR) is 126 cm³/mol. The number of hydrogen-bond acceptors (Lipinski definition) is 5. The zero-order valence-corrected chi connectivity index (χ0v) is 19.7. The number of urea groups is 1. The first kappa shape index (κ1) is 24.7. The van der Waals surface area contributed by atoms with Gasteiger partial charge in [0.25, 0.3) is 5.91 Å². The van der Waals surface area contributed by atoms with E-state index in [1.165, 1.54) is 17.0 Å². The molecule has 0 unspecified atom stereocenters. The van der Waals surface area contributed by atoms with Gasteiger partial charge in [0.2, 0.25) is 5.91 Å². The van der Waals surface area contributed by atoms with E-state index >= 15 is 0 Å². The topological polar surface area (TPSA) is 97.0 Å². The van der Waals surface area contributed by atoms with Crippen molar-refractivity contribution < 1.29 is 28.2 Å². The Morgan fingerprint density at radius 1 is 1.14 bits per heavy atom. The molecule has 2 saturated heterocycles. The summed E-state index contributed by atoms with van der Waals surface area (Å²) in [6, 6.07) is 12.4. The lowest BCUT2D eigenvalue weighted by Gasteiger charge is -2.39. The molecule has 2 N–H and O–H groups in total. The normalized spacial score (nSPS) is 19.4. The lowest BCUT2D eigenvalue weighted by atomic mass is 9.73. The molecule has 0 aliphatic carbocycles. The van der Waals surface area contributed by atoms with Crippen LogP contribution < -0.4 is 15.4 Å². The third kappa shape index (κ3) is 5.79. The number of carbonyl (C=O) groups excluding carboxylic acids is 3. The summed E-state index contributed by atoms with van der Waals surface area (Å²) in [7, 11) is 1.61. The van der Waals surface area contributed by atoms with Gasteiger partial charge in [0.05, 0.1) is 7.11 Å². The lowest BCUT2D eigenvalue weighted by molar-refractivity contribution is -0.129. The molecule has 0 aromatic heterocycles. The van der Waals surface area contributed by atoms with E-state index in [9.17, 15) is 18.8 Å². The number of carbonyl (C=O) groups is 3. The SMILES string of the molecule is COc1ccc(C2(CN3C(=O)N[C@H](CCC(=O)NCc4ccc(F)cc4)C3=O)CCOCC2)cc1. The highest BCUT2D eigenvalue weighted by Crippen LogP contribution is 2.37. The number of methoxy groups -OCH3 is 1. The van der Waals surface area contributed by atoms with E-state index in [0.29, 0.717) is 26.1 Å². The molecule has 0 radical (unpaired) electrons. The first-order valence-corrected chi connectivity index (χ1v) is 11.8. The van der Waals surface area contributed by atoms with Crippen LogP contribution in [0.25, 0.3) is 0 Å². The smallest absolute Gasteiger partial charge is 0.324 e. The Kier molecular flexibility index (Phi) is 7.65. The minimum absolute atomic E-state index is 0.0865. The summed E-state index contributed by atoms with van der Waals surface area (Å²) in [5.74, 6) is -0.159. The molecule has 2 aromatic rings. The van der Waals surface area contributed by atoms with Crippen LogP contribution in [0.15, 0.2) is 48.5 Å². The van der Waals surface area contributed by atoms with Crippen molar-refractivity contribution in [3.8, 4) is 5.75 Å². The van der Waals surface area contributed by atoms with Gasteiger partial charge in [-0.15, -0.1) is 0 Å². The molecule has 1 atom stereocenters. The maximum atomic E-state index is 13.1. The highest BCUT2D eigenvalue weighted by molar-refractivity contribution is 6.04. The van der Waals surface area contributed by atoms with Gasteiger partial charge < -0.3 is 20.1 Å². The number of imide groups is 1. The van der Waals surface area contributed by atoms with Gasteiger partial charge in [-0.25, -0.2) is 9.18 Å². The average molecular weight is 484 g/mol. The molecule has 0 spiro atoms. The summed E-state index contributed by atoms with van der Waals surface area (Å²) in [6.07, 6.45) is 1.66. The number of nitrogens with one attached hydrogen (secondary N) is 2. The fourth-order valence-electron chi connectivity index (χ4n) is 4.64. The number of hydrogen-bond donors (Lipinski definition) is 2. The van der Waals surface area contributed by atoms with E-state index in [1.807, 2.05) is 24.3 Å². The van der Waals surface area contributed by atoms with Crippen LogP contribution in [0.1, 0.15) is 36.8 Å². The summed E-state index contributed by atoms with van der Waals surface area (Å²) in [4.78, 5) is 39.4. The molecule has 35 heavy (non-hydrogen) atoms. The molecule has 2 heterocycles. The van der Waals surface area contributed by atoms with Crippen LogP contribution >= 0.6 is 0 Å². The van der Waals surface area contributed by atoms with Gasteiger partial charge in [-0.2, -0.15) is 0 Å². The van der Waals surface area contributed by atoms with Crippen molar-refractivity contribution >= 4 is 17.8 Å². The molecule has 2 aliphatic heterocycles. The third-order valence-corrected chi connectivity index (χ3v) is 6.78. The number of nitrogens with zero attached hydrogens (tertiary/aromatic N) is 1. The second-order valence-corrected chi connectivity index (χ2v) is 8.99. The van der Waals surface area contributed by atoms with Crippen molar-refractivity contribution in [3.05, 3.63) is 65.5 Å². The first-order valence-electron chi connectivity index (χ1n) is 11.8. The molecule has 2 aromatic carbocycles. The Balaban J connectivity index is 1.36. The quantitative estimate of drug-likeness (QED) is 0.535. The van der Waals surface area contributed by atoms with E-state index < -0.39 is 17.5 Å². The van der Waals surface area contributed by atoms with Gasteiger partial charge in [0.1, 0.15) is 17.6 Å². The summed E-state index contributed by atoms with van der Waals surface area (Å²) in [6.45, 7) is 1.62. The summed E-state index contributed by atoms with van der Waals surface area (Å²) in [5, 5.41) is 5.49. The summed E-state index contributed by atoms with van der Waals surface area (Å²) < 4.78 is 23.8. The van der Waals surface area contributed by atoms with Crippen LogP contribution in [0, 0.1) is 5.82 Å².